The van der Waals surface area contributed by atoms with Crippen LogP contribution in [-0.2, 0) is 6.42 Å². The molecule has 2 rings (SSSR count). The minimum absolute atomic E-state index is 0.142. The maximum Gasteiger partial charge on any atom is 0.109 e. The van der Waals surface area contributed by atoms with Crippen LogP contribution in [0.15, 0.2) is 24.4 Å². The summed E-state index contributed by atoms with van der Waals surface area (Å²) in [6.45, 7) is 6.37. The number of rotatable bonds is 5. The molecule has 0 aliphatic carbocycles. The van der Waals surface area contributed by atoms with Gasteiger partial charge in [0.05, 0.1) is 6.04 Å². The fraction of sp³-hybridized carbons (Fsp3) is 0.400. The van der Waals surface area contributed by atoms with E-state index in [0.29, 0.717) is 10.0 Å². The first-order chi connectivity index (χ1) is 9.51. The second kappa shape index (κ2) is 6.90. The van der Waals surface area contributed by atoms with Crippen LogP contribution in [-0.4, -0.2) is 4.98 Å². The van der Waals surface area contributed by atoms with Crippen LogP contribution >= 0.6 is 34.5 Å². The Balaban J connectivity index is 2.08. The normalized spacial score (nSPS) is 14.2. The Hall–Kier alpha value is -0.610. The lowest BCUT2D eigenvalue weighted by Crippen LogP contribution is -2.22. The SMILES string of the molecule is CCc1cnc(C(C)NC(C)c2ccc(Cl)cc2Cl)s1. The molecule has 5 heteroatoms. The van der Waals surface area contributed by atoms with E-state index in [1.807, 2.05) is 18.3 Å². The lowest BCUT2D eigenvalue weighted by atomic mass is 10.1. The maximum absolute atomic E-state index is 6.24. The molecule has 2 atom stereocenters. The number of aryl methyl sites for hydroxylation is 1. The minimum atomic E-state index is 0.142. The molecular formula is C15H18Cl2N2S. The summed E-state index contributed by atoms with van der Waals surface area (Å²) in [4.78, 5) is 5.78. The number of halogens is 2. The summed E-state index contributed by atoms with van der Waals surface area (Å²) < 4.78 is 0. The van der Waals surface area contributed by atoms with Crippen molar-refractivity contribution < 1.29 is 0 Å². The molecular weight excluding hydrogens is 311 g/mol. The first-order valence-corrected chi connectivity index (χ1v) is 8.24. The number of aromatic nitrogens is 1. The summed E-state index contributed by atoms with van der Waals surface area (Å²) in [5, 5.41) is 5.99. The largest absolute Gasteiger partial charge is 0.301 e. The third kappa shape index (κ3) is 3.73. The summed E-state index contributed by atoms with van der Waals surface area (Å²) in [5.74, 6) is 0. The summed E-state index contributed by atoms with van der Waals surface area (Å²) in [6, 6.07) is 5.95. The topological polar surface area (TPSA) is 24.9 Å². The molecule has 0 amide bonds. The van der Waals surface area contributed by atoms with Crippen LogP contribution in [0.5, 0.6) is 0 Å². The zero-order chi connectivity index (χ0) is 14.7. The highest BCUT2D eigenvalue weighted by Crippen LogP contribution is 2.29. The average molecular weight is 329 g/mol. The van der Waals surface area contributed by atoms with E-state index in [1.54, 1.807) is 17.4 Å². The van der Waals surface area contributed by atoms with Crippen molar-refractivity contribution in [3.05, 3.63) is 49.9 Å². The molecule has 0 bridgehead atoms. The van der Waals surface area contributed by atoms with Gasteiger partial charge in [-0.1, -0.05) is 36.2 Å². The fourth-order valence-electron chi connectivity index (χ4n) is 2.08. The minimum Gasteiger partial charge on any atom is -0.301 e. The predicted octanol–water partition coefficient (Wildman–Crippen LogP) is 5.42. The number of nitrogens with zero attached hydrogens (tertiary/aromatic N) is 1. The average Bonchev–Trinajstić information content (AvgIpc) is 2.87. The zero-order valence-electron chi connectivity index (χ0n) is 11.8. The van der Waals surface area contributed by atoms with Gasteiger partial charge < -0.3 is 5.32 Å². The zero-order valence-corrected chi connectivity index (χ0v) is 14.1. The molecule has 0 aliphatic rings. The number of hydrogen-bond donors (Lipinski definition) is 1. The number of thiazole rings is 1. The Morgan fingerprint density at radius 1 is 1.25 bits per heavy atom. The second-order valence-corrected chi connectivity index (χ2v) is 6.78. The molecule has 20 heavy (non-hydrogen) atoms. The van der Waals surface area contributed by atoms with Gasteiger partial charge in [0.1, 0.15) is 5.01 Å². The van der Waals surface area contributed by atoms with Gasteiger partial charge in [0, 0.05) is 27.2 Å². The van der Waals surface area contributed by atoms with Crippen molar-refractivity contribution in [3.63, 3.8) is 0 Å². The summed E-state index contributed by atoms with van der Waals surface area (Å²) in [5.41, 5.74) is 1.05. The smallest absolute Gasteiger partial charge is 0.109 e. The van der Waals surface area contributed by atoms with Gasteiger partial charge in [0.25, 0.3) is 0 Å². The molecule has 1 aromatic heterocycles. The molecule has 2 nitrogen and oxygen atoms in total. The van der Waals surface area contributed by atoms with E-state index in [4.69, 9.17) is 23.2 Å². The number of benzene rings is 1. The van der Waals surface area contributed by atoms with Crippen molar-refractivity contribution in [3.8, 4) is 0 Å². The van der Waals surface area contributed by atoms with E-state index in [9.17, 15) is 0 Å². The Labute approximate surface area is 134 Å². The van der Waals surface area contributed by atoms with Gasteiger partial charge in [-0.25, -0.2) is 4.98 Å². The van der Waals surface area contributed by atoms with E-state index in [1.165, 1.54) is 4.88 Å². The van der Waals surface area contributed by atoms with Crippen LogP contribution in [0.1, 0.15) is 48.3 Å². The van der Waals surface area contributed by atoms with E-state index in [0.717, 1.165) is 17.0 Å². The monoisotopic (exact) mass is 328 g/mol. The number of hydrogen-bond acceptors (Lipinski definition) is 3. The van der Waals surface area contributed by atoms with Crippen LogP contribution in [0.2, 0.25) is 10.0 Å². The van der Waals surface area contributed by atoms with Gasteiger partial charge in [0.15, 0.2) is 0 Å². The van der Waals surface area contributed by atoms with E-state index >= 15 is 0 Å². The van der Waals surface area contributed by atoms with Crippen LogP contribution in [0.4, 0.5) is 0 Å². The second-order valence-electron chi connectivity index (χ2n) is 4.79. The summed E-state index contributed by atoms with van der Waals surface area (Å²) >= 11 is 13.9. The van der Waals surface area contributed by atoms with Crippen molar-refractivity contribution >= 4 is 34.5 Å². The Morgan fingerprint density at radius 2 is 2.00 bits per heavy atom. The van der Waals surface area contributed by atoms with Crippen molar-refractivity contribution in [1.29, 1.82) is 0 Å². The molecule has 0 saturated carbocycles. The molecule has 2 aromatic rings. The lowest BCUT2D eigenvalue weighted by Gasteiger charge is -2.20. The van der Waals surface area contributed by atoms with Crippen LogP contribution in [0.3, 0.4) is 0 Å². The molecule has 1 N–H and O–H groups in total. The Bertz CT molecular complexity index is 583. The van der Waals surface area contributed by atoms with Crippen molar-refractivity contribution in [2.45, 2.75) is 39.3 Å². The molecule has 108 valence electrons. The highest BCUT2D eigenvalue weighted by atomic mass is 35.5. The van der Waals surface area contributed by atoms with Gasteiger partial charge in [-0.15, -0.1) is 11.3 Å². The van der Waals surface area contributed by atoms with Gasteiger partial charge in [-0.2, -0.15) is 0 Å². The van der Waals surface area contributed by atoms with Crippen molar-refractivity contribution in [2.75, 3.05) is 0 Å². The standard InChI is InChI=1S/C15H18Cl2N2S/c1-4-12-8-18-15(20-12)10(3)19-9(2)13-6-5-11(16)7-14(13)17/h5-10,19H,4H2,1-3H3. The van der Waals surface area contributed by atoms with Crippen LogP contribution in [0.25, 0.3) is 0 Å². The summed E-state index contributed by atoms with van der Waals surface area (Å²) in [6.07, 6.45) is 2.99. The molecule has 0 fully saturated rings. The van der Waals surface area contributed by atoms with E-state index in [-0.39, 0.29) is 12.1 Å². The Morgan fingerprint density at radius 3 is 2.60 bits per heavy atom. The maximum atomic E-state index is 6.24. The van der Waals surface area contributed by atoms with E-state index in [2.05, 4.69) is 31.1 Å². The predicted molar refractivity (Wildman–Crippen MR) is 87.9 cm³/mol. The highest BCUT2D eigenvalue weighted by molar-refractivity contribution is 7.11. The van der Waals surface area contributed by atoms with Crippen LogP contribution < -0.4 is 5.32 Å². The van der Waals surface area contributed by atoms with Gasteiger partial charge in [-0.05, 0) is 38.0 Å². The van der Waals surface area contributed by atoms with Crippen molar-refractivity contribution in [2.24, 2.45) is 0 Å². The molecule has 0 aliphatic heterocycles. The molecule has 0 spiro atoms. The van der Waals surface area contributed by atoms with Gasteiger partial charge >= 0.3 is 0 Å². The summed E-state index contributed by atoms with van der Waals surface area (Å²) in [7, 11) is 0. The van der Waals surface area contributed by atoms with Crippen LogP contribution in [0, 0.1) is 0 Å². The first-order valence-electron chi connectivity index (χ1n) is 6.66. The van der Waals surface area contributed by atoms with E-state index < -0.39 is 0 Å². The highest BCUT2D eigenvalue weighted by Gasteiger charge is 2.16. The molecule has 1 heterocycles. The van der Waals surface area contributed by atoms with Gasteiger partial charge in [0.2, 0.25) is 0 Å². The molecule has 0 saturated heterocycles. The van der Waals surface area contributed by atoms with Crippen molar-refractivity contribution in [1.82, 2.24) is 10.3 Å². The first kappa shape index (κ1) is 15.8. The lowest BCUT2D eigenvalue weighted by molar-refractivity contribution is 0.493. The van der Waals surface area contributed by atoms with Gasteiger partial charge in [-0.3, -0.25) is 0 Å². The number of nitrogens with one attached hydrogen (secondary N) is 1. The molecule has 0 radical (unpaired) electrons. The fourth-order valence-corrected chi connectivity index (χ4v) is 3.52. The third-order valence-electron chi connectivity index (χ3n) is 3.22. The molecule has 2 unspecified atom stereocenters. The third-order valence-corrected chi connectivity index (χ3v) is 5.11. The Kier molecular flexibility index (Phi) is 5.44. The quantitative estimate of drug-likeness (QED) is 0.792. The molecule has 1 aromatic carbocycles.